The zero-order valence-electron chi connectivity index (χ0n) is 16.1. The fourth-order valence-corrected chi connectivity index (χ4v) is 2.95. The third kappa shape index (κ3) is 6.94. The van der Waals surface area contributed by atoms with Gasteiger partial charge in [-0.1, -0.05) is 32.9 Å². The molecule has 2 rings (SSSR count). The molecule has 0 heterocycles. The van der Waals surface area contributed by atoms with Crippen molar-refractivity contribution in [3.63, 3.8) is 0 Å². The minimum Gasteiger partial charge on any atom is -0.492 e. The zero-order chi connectivity index (χ0) is 20.1. The molecular weight excluding hydrogens is 364 g/mol. The van der Waals surface area contributed by atoms with Crippen LogP contribution in [0.15, 0.2) is 48.5 Å². The normalized spacial score (nSPS) is 11.7. The van der Waals surface area contributed by atoms with Crippen molar-refractivity contribution in [3.8, 4) is 5.75 Å². The fourth-order valence-electron chi connectivity index (χ4n) is 2.39. The molecular formula is C20H26N2O4S. The van der Waals surface area contributed by atoms with Crippen LogP contribution in [-0.4, -0.2) is 33.7 Å². The monoisotopic (exact) mass is 390 g/mol. The summed E-state index contributed by atoms with van der Waals surface area (Å²) in [5.74, 6) is 0.515. The summed E-state index contributed by atoms with van der Waals surface area (Å²) < 4.78 is 30.3. The van der Waals surface area contributed by atoms with Crippen molar-refractivity contribution in [2.24, 2.45) is 0 Å². The molecule has 0 fully saturated rings. The summed E-state index contributed by atoms with van der Waals surface area (Å²) in [6.07, 6.45) is 1.07. The second-order valence-electron chi connectivity index (χ2n) is 7.33. The van der Waals surface area contributed by atoms with E-state index >= 15 is 0 Å². The Morgan fingerprint density at radius 3 is 2.11 bits per heavy atom. The van der Waals surface area contributed by atoms with Gasteiger partial charge < -0.3 is 10.1 Å². The molecule has 0 saturated heterocycles. The van der Waals surface area contributed by atoms with Gasteiger partial charge in [-0.05, 0) is 47.4 Å². The van der Waals surface area contributed by atoms with Crippen LogP contribution in [0.3, 0.4) is 0 Å². The van der Waals surface area contributed by atoms with Gasteiger partial charge in [0.2, 0.25) is 10.0 Å². The van der Waals surface area contributed by atoms with Gasteiger partial charge in [-0.15, -0.1) is 0 Å². The molecule has 7 heteroatoms. The van der Waals surface area contributed by atoms with Crippen molar-refractivity contribution < 1.29 is 17.9 Å². The molecule has 0 unspecified atom stereocenters. The first-order chi connectivity index (χ1) is 12.5. The molecule has 0 spiro atoms. The van der Waals surface area contributed by atoms with Crippen LogP contribution in [0.1, 0.15) is 36.7 Å². The smallest absolute Gasteiger partial charge is 0.251 e. The van der Waals surface area contributed by atoms with E-state index in [-0.39, 0.29) is 11.3 Å². The zero-order valence-corrected chi connectivity index (χ0v) is 16.9. The van der Waals surface area contributed by atoms with Crippen molar-refractivity contribution in [3.05, 3.63) is 59.7 Å². The van der Waals surface area contributed by atoms with Gasteiger partial charge in [0, 0.05) is 11.3 Å². The maximum atomic E-state index is 12.1. The third-order valence-corrected chi connectivity index (χ3v) is 4.43. The number of ether oxygens (including phenoxy) is 1. The molecule has 146 valence electrons. The Balaban J connectivity index is 1.79. The van der Waals surface area contributed by atoms with Gasteiger partial charge in [-0.3, -0.25) is 9.52 Å². The maximum absolute atomic E-state index is 12.1. The van der Waals surface area contributed by atoms with Crippen molar-refractivity contribution in [2.45, 2.75) is 26.2 Å². The lowest BCUT2D eigenvalue weighted by molar-refractivity contribution is 0.0947. The number of rotatable bonds is 7. The van der Waals surface area contributed by atoms with Crippen LogP contribution in [-0.2, 0) is 15.4 Å². The number of hydrogen-bond donors (Lipinski definition) is 2. The number of nitrogens with one attached hydrogen (secondary N) is 2. The van der Waals surface area contributed by atoms with Crippen LogP contribution >= 0.6 is 0 Å². The van der Waals surface area contributed by atoms with E-state index in [1.807, 2.05) is 24.3 Å². The SMILES string of the molecule is CC(C)(C)c1ccc(OCCNC(=O)c2ccc(NS(C)(=O)=O)cc2)cc1. The molecule has 0 atom stereocenters. The molecule has 1 amide bonds. The first-order valence-corrected chi connectivity index (χ1v) is 10.5. The molecule has 0 bridgehead atoms. The lowest BCUT2D eigenvalue weighted by atomic mass is 9.87. The summed E-state index contributed by atoms with van der Waals surface area (Å²) in [4.78, 5) is 12.1. The first kappa shape index (κ1) is 20.8. The van der Waals surface area contributed by atoms with Gasteiger partial charge in [-0.2, -0.15) is 0 Å². The lowest BCUT2D eigenvalue weighted by Gasteiger charge is -2.19. The molecule has 2 aromatic carbocycles. The number of anilines is 1. The fraction of sp³-hybridized carbons (Fsp3) is 0.350. The van der Waals surface area contributed by atoms with E-state index in [0.717, 1.165) is 12.0 Å². The Bertz CT molecular complexity index is 868. The summed E-state index contributed by atoms with van der Waals surface area (Å²) in [5, 5.41) is 2.77. The van der Waals surface area contributed by atoms with Crippen LogP contribution < -0.4 is 14.8 Å². The minimum absolute atomic E-state index is 0.0961. The van der Waals surface area contributed by atoms with Gasteiger partial charge in [0.25, 0.3) is 5.91 Å². The molecule has 0 aliphatic heterocycles. The van der Waals surface area contributed by atoms with Crippen LogP contribution in [0.5, 0.6) is 5.75 Å². The Labute approximate surface area is 161 Å². The second-order valence-corrected chi connectivity index (χ2v) is 9.08. The molecule has 6 nitrogen and oxygen atoms in total. The summed E-state index contributed by atoms with van der Waals surface area (Å²) in [6.45, 7) is 7.18. The summed E-state index contributed by atoms with van der Waals surface area (Å²) in [6, 6.07) is 14.2. The Kier molecular flexibility index (Phi) is 6.49. The van der Waals surface area contributed by atoms with Gasteiger partial charge >= 0.3 is 0 Å². The number of benzene rings is 2. The van der Waals surface area contributed by atoms with Crippen LogP contribution in [0, 0.1) is 0 Å². The minimum atomic E-state index is -3.33. The number of carbonyl (C=O) groups excluding carboxylic acids is 1. The number of carbonyl (C=O) groups is 1. The van der Waals surface area contributed by atoms with E-state index in [0.29, 0.717) is 24.4 Å². The molecule has 0 saturated carbocycles. The highest BCUT2D eigenvalue weighted by molar-refractivity contribution is 7.92. The van der Waals surface area contributed by atoms with E-state index < -0.39 is 10.0 Å². The molecule has 2 aromatic rings. The molecule has 0 aliphatic rings. The van der Waals surface area contributed by atoms with Crippen molar-refractivity contribution in [1.29, 1.82) is 0 Å². The highest BCUT2D eigenvalue weighted by Gasteiger charge is 2.13. The molecule has 0 aliphatic carbocycles. The first-order valence-electron chi connectivity index (χ1n) is 8.64. The molecule has 2 N–H and O–H groups in total. The highest BCUT2D eigenvalue weighted by Crippen LogP contribution is 2.24. The van der Waals surface area contributed by atoms with Crippen molar-refractivity contribution in [1.82, 2.24) is 5.32 Å². The number of sulfonamides is 1. The average Bonchev–Trinajstić information content (AvgIpc) is 2.57. The maximum Gasteiger partial charge on any atom is 0.251 e. The van der Waals surface area contributed by atoms with Crippen molar-refractivity contribution in [2.75, 3.05) is 24.1 Å². The Morgan fingerprint density at radius 2 is 1.59 bits per heavy atom. The van der Waals surface area contributed by atoms with Gasteiger partial charge in [0.15, 0.2) is 0 Å². The predicted molar refractivity (Wildman–Crippen MR) is 108 cm³/mol. The summed E-state index contributed by atoms with van der Waals surface area (Å²) >= 11 is 0. The van der Waals surface area contributed by atoms with Gasteiger partial charge in [0.05, 0.1) is 12.8 Å². The standard InChI is InChI=1S/C20H26N2O4S/c1-20(2,3)16-7-11-18(12-8-16)26-14-13-21-19(23)15-5-9-17(10-6-15)22-27(4,24)25/h5-12,22H,13-14H2,1-4H3,(H,21,23). The largest absolute Gasteiger partial charge is 0.492 e. The van der Waals surface area contributed by atoms with E-state index in [1.165, 1.54) is 5.56 Å². The number of hydrogen-bond acceptors (Lipinski definition) is 4. The quantitative estimate of drug-likeness (QED) is 0.711. The second kappa shape index (κ2) is 8.43. The van der Waals surface area contributed by atoms with Crippen LogP contribution in [0.2, 0.25) is 0 Å². The van der Waals surface area contributed by atoms with Crippen molar-refractivity contribution >= 4 is 21.6 Å². The Hall–Kier alpha value is -2.54. The van der Waals surface area contributed by atoms with E-state index in [4.69, 9.17) is 4.74 Å². The number of amides is 1. The average molecular weight is 391 g/mol. The van der Waals surface area contributed by atoms with E-state index in [9.17, 15) is 13.2 Å². The third-order valence-electron chi connectivity index (χ3n) is 3.83. The van der Waals surface area contributed by atoms with E-state index in [2.05, 4.69) is 30.8 Å². The lowest BCUT2D eigenvalue weighted by Crippen LogP contribution is -2.28. The molecule has 27 heavy (non-hydrogen) atoms. The summed E-state index contributed by atoms with van der Waals surface area (Å²) in [5.41, 5.74) is 2.19. The highest BCUT2D eigenvalue weighted by atomic mass is 32.2. The van der Waals surface area contributed by atoms with Gasteiger partial charge in [0.1, 0.15) is 12.4 Å². The predicted octanol–water partition coefficient (Wildman–Crippen LogP) is 3.16. The molecule has 0 radical (unpaired) electrons. The molecule has 0 aromatic heterocycles. The Morgan fingerprint density at radius 1 is 1.00 bits per heavy atom. The van der Waals surface area contributed by atoms with Crippen LogP contribution in [0.25, 0.3) is 0 Å². The van der Waals surface area contributed by atoms with Gasteiger partial charge in [-0.25, -0.2) is 8.42 Å². The van der Waals surface area contributed by atoms with Crippen LogP contribution in [0.4, 0.5) is 5.69 Å². The topological polar surface area (TPSA) is 84.5 Å². The van der Waals surface area contributed by atoms with E-state index in [1.54, 1.807) is 24.3 Å². The summed E-state index contributed by atoms with van der Waals surface area (Å²) in [7, 11) is -3.33.